The lowest BCUT2D eigenvalue weighted by atomic mass is 9.92. The molecule has 7 nitrogen and oxygen atoms in total. The topological polar surface area (TPSA) is 83.3 Å². The van der Waals surface area contributed by atoms with E-state index in [9.17, 15) is 9.90 Å². The Morgan fingerprint density at radius 1 is 1.52 bits per heavy atom. The second kappa shape index (κ2) is 6.67. The van der Waals surface area contributed by atoms with Crippen molar-refractivity contribution in [2.45, 2.75) is 25.9 Å². The number of nitrogens with one attached hydrogen (secondary N) is 1. The summed E-state index contributed by atoms with van der Waals surface area (Å²) in [5.74, 6) is 0.640. The van der Waals surface area contributed by atoms with Crippen LogP contribution >= 0.6 is 11.3 Å². The number of rotatable bonds is 3. The molecule has 2 N–H and O–H groups in total. The SMILES string of the molecule is Cc1cnc(NC(=O)N2CCC[C@H]([C@H](O)c3nccn3C)C2)s1. The zero-order valence-electron chi connectivity index (χ0n) is 13.3. The second-order valence-corrected chi connectivity index (χ2v) is 7.13. The number of anilines is 1. The molecule has 0 saturated carbocycles. The van der Waals surface area contributed by atoms with Crippen LogP contribution in [-0.4, -0.2) is 43.7 Å². The van der Waals surface area contributed by atoms with E-state index in [4.69, 9.17) is 0 Å². The van der Waals surface area contributed by atoms with Crippen molar-refractivity contribution in [1.82, 2.24) is 19.4 Å². The van der Waals surface area contributed by atoms with Gasteiger partial charge in [0.2, 0.25) is 0 Å². The summed E-state index contributed by atoms with van der Waals surface area (Å²) in [4.78, 5) is 23.6. The molecule has 1 saturated heterocycles. The Morgan fingerprint density at radius 2 is 2.35 bits per heavy atom. The van der Waals surface area contributed by atoms with Crippen molar-refractivity contribution in [3.8, 4) is 0 Å². The summed E-state index contributed by atoms with van der Waals surface area (Å²) in [5.41, 5.74) is 0. The van der Waals surface area contributed by atoms with Gasteiger partial charge in [-0.1, -0.05) is 0 Å². The highest BCUT2D eigenvalue weighted by atomic mass is 32.1. The van der Waals surface area contributed by atoms with E-state index in [1.54, 1.807) is 17.3 Å². The molecule has 1 aliphatic heterocycles. The fourth-order valence-corrected chi connectivity index (χ4v) is 3.56. The molecule has 8 heteroatoms. The molecule has 2 atom stereocenters. The Bertz CT molecular complexity index is 683. The molecule has 2 aromatic rings. The zero-order valence-corrected chi connectivity index (χ0v) is 14.1. The van der Waals surface area contributed by atoms with Crippen molar-refractivity contribution >= 4 is 22.5 Å². The van der Waals surface area contributed by atoms with Crippen molar-refractivity contribution in [2.75, 3.05) is 18.4 Å². The van der Waals surface area contributed by atoms with Gasteiger partial charge in [0.25, 0.3) is 0 Å². The summed E-state index contributed by atoms with van der Waals surface area (Å²) in [6.45, 7) is 3.16. The fraction of sp³-hybridized carbons (Fsp3) is 0.533. The normalized spacial score (nSPS) is 19.6. The van der Waals surface area contributed by atoms with Gasteiger partial charge in [-0.05, 0) is 19.8 Å². The lowest BCUT2D eigenvalue weighted by Crippen LogP contribution is -2.44. The number of urea groups is 1. The first kappa shape index (κ1) is 15.9. The third-order valence-corrected chi connectivity index (χ3v) is 4.98. The van der Waals surface area contributed by atoms with E-state index >= 15 is 0 Å². The van der Waals surface area contributed by atoms with Crippen LogP contribution in [-0.2, 0) is 7.05 Å². The Morgan fingerprint density at radius 3 is 3.00 bits per heavy atom. The van der Waals surface area contributed by atoms with Gasteiger partial charge < -0.3 is 14.6 Å². The van der Waals surface area contributed by atoms with Crippen molar-refractivity contribution in [1.29, 1.82) is 0 Å². The number of nitrogens with zero attached hydrogens (tertiary/aromatic N) is 4. The number of likely N-dealkylation sites (tertiary alicyclic amines) is 1. The average molecular weight is 335 g/mol. The van der Waals surface area contributed by atoms with E-state index in [2.05, 4.69) is 15.3 Å². The van der Waals surface area contributed by atoms with E-state index < -0.39 is 6.10 Å². The van der Waals surface area contributed by atoms with Gasteiger partial charge >= 0.3 is 6.03 Å². The molecule has 23 heavy (non-hydrogen) atoms. The molecule has 124 valence electrons. The average Bonchev–Trinajstić information content (AvgIpc) is 3.15. The van der Waals surface area contributed by atoms with Gasteiger partial charge in [0.1, 0.15) is 11.9 Å². The van der Waals surface area contributed by atoms with E-state index in [0.717, 1.165) is 17.7 Å². The standard InChI is InChI=1S/C15H21N5O2S/c1-10-8-17-14(23-10)18-15(22)20-6-3-4-11(9-20)12(21)13-16-5-7-19(13)2/h5,7-8,11-12,21H,3-4,6,9H2,1-2H3,(H,17,18,22)/t11-,12-/m0/s1. The minimum Gasteiger partial charge on any atom is -0.385 e. The molecule has 0 aromatic carbocycles. The lowest BCUT2D eigenvalue weighted by Gasteiger charge is -2.34. The number of amides is 2. The largest absolute Gasteiger partial charge is 0.385 e. The van der Waals surface area contributed by atoms with Crippen LogP contribution in [0.15, 0.2) is 18.6 Å². The quantitative estimate of drug-likeness (QED) is 0.900. The van der Waals surface area contributed by atoms with Crippen molar-refractivity contribution in [2.24, 2.45) is 13.0 Å². The molecule has 0 bridgehead atoms. The predicted octanol–water partition coefficient (Wildman–Crippen LogP) is 2.16. The van der Waals surface area contributed by atoms with Crippen molar-refractivity contribution < 1.29 is 9.90 Å². The molecular formula is C15H21N5O2S. The minimum absolute atomic E-state index is 0.00590. The molecule has 2 aromatic heterocycles. The van der Waals surface area contributed by atoms with Gasteiger partial charge in [-0.15, -0.1) is 11.3 Å². The van der Waals surface area contributed by atoms with Gasteiger partial charge in [-0.25, -0.2) is 14.8 Å². The number of aliphatic hydroxyl groups excluding tert-OH is 1. The summed E-state index contributed by atoms with van der Waals surface area (Å²) < 4.78 is 1.82. The monoisotopic (exact) mass is 335 g/mol. The van der Waals surface area contributed by atoms with E-state index in [1.165, 1.54) is 11.3 Å². The highest BCUT2D eigenvalue weighted by Crippen LogP contribution is 2.29. The first-order valence-electron chi connectivity index (χ1n) is 7.68. The third-order valence-electron chi connectivity index (χ3n) is 4.15. The first-order chi connectivity index (χ1) is 11.0. The molecule has 1 aliphatic rings. The van der Waals surface area contributed by atoms with E-state index in [0.29, 0.717) is 24.0 Å². The number of carbonyl (C=O) groups excluding carboxylic acids is 1. The second-order valence-electron chi connectivity index (χ2n) is 5.90. The van der Waals surface area contributed by atoms with Crippen LogP contribution in [0.5, 0.6) is 0 Å². The summed E-state index contributed by atoms with van der Waals surface area (Å²) >= 11 is 1.45. The fourth-order valence-electron chi connectivity index (χ4n) is 2.91. The number of aryl methyl sites for hydroxylation is 2. The van der Waals surface area contributed by atoms with Crippen LogP contribution in [0, 0.1) is 12.8 Å². The summed E-state index contributed by atoms with van der Waals surface area (Å²) in [6, 6.07) is -0.156. The number of carbonyl (C=O) groups is 1. The summed E-state index contributed by atoms with van der Waals surface area (Å²) in [5, 5.41) is 14.0. The van der Waals surface area contributed by atoms with Gasteiger partial charge in [-0.2, -0.15) is 0 Å². The molecule has 0 aliphatic carbocycles. The smallest absolute Gasteiger partial charge is 0.323 e. The Balaban J connectivity index is 1.63. The van der Waals surface area contributed by atoms with Gasteiger partial charge in [0.05, 0.1) is 0 Å². The van der Waals surface area contributed by atoms with Crippen LogP contribution in [0.2, 0.25) is 0 Å². The molecule has 0 spiro atoms. The number of thiazole rings is 1. The zero-order chi connectivity index (χ0) is 16.4. The maximum atomic E-state index is 12.4. The molecule has 3 heterocycles. The van der Waals surface area contributed by atoms with Gasteiger partial charge in [0.15, 0.2) is 5.13 Å². The number of hydrogen-bond donors (Lipinski definition) is 2. The number of aliphatic hydroxyl groups is 1. The van der Waals surface area contributed by atoms with Gasteiger partial charge in [-0.3, -0.25) is 5.32 Å². The number of piperidine rings is 1. The highest BCUT2D eigenvalue weighted by molar-refractivity contribution is 7.15. The predicted molar refractivity (Wildman–Crippen MR) is 88.3 cm³/mol. The van der Waals surface area contributed by atoms with Gasteiger partial charge in [0, 0.05) is 49.5 Å². The Labute approximate surface area is 139 Å². The Kier molecular flexibility index (Phi) is 4.63. The minimum atomic E-state index is -0.660. The van der Waals surface area contributed by atoms with E-state index in [-0.39, 0.29) is 11.9 Å². The van der Waals surface area contributed by atoms with Crippen LogP contribution in [0.4, 0.5) is 9.93 Å². The first-order valence-corrected chi connectivity index (χ1v) is 8.50. The van der Waals surface area contributed by atoms with Crippen LogP contribution in [0.1, 0.15) is 29.6 Å². The molecule has 0 unspecified atom stereocenters. The number of imidazole rings is 1. The Hall–Kier alpha value is -1.93. The molecule has 2 amide bonds. The van der Waals surface area contributed by atoms with Crippen molar-refractivity contribution in [3.63, 3.8) is 0 Å². The third kappa shape index (κ3) is 3.53. The molecule has 1 fully saturated rings. The number of hydrogen-bond acceptors (Lipinski definition) is 5. The van der Waals surface area contributed by atoms with Crippen LogP contribution in [0.25, 0.3) is 0 Å². The van der Waals surface area contributed by atoms with Crippen LogP contribution in [0.3, 0.4) is 0 Å². The maximum absolute atomic E-state index is 12.4. The van der Waals surface area contributed by atoms with E-state index in [1.807, 2.05) is 24.7 Å². The highest BCUT2D eigenvalue weighted by Gasteiger charge is 2.31. The molecule has 3 rings (SSSR count). The number of aromatic nitrogens is 3. The molecule has 0 radical (unpaired) electrons. The maximum Gasteiger partial charge on any atom is 0.323 e. The van der Waals surface area contributed by atoms with Crippen molar-refractivity contribution in [3.05, 3.63) is 29.3 Å². The molecular weight excluding hydrogens is 314 g/mol. The summed E-state index contributed by atoms with van der Waals surface area (Å²) in [6.07, 6.45) is 6.33. The van der Waals surface area contributed by atoms with Crippen LogP contribution < -0.4 is 5.32 Å². The summed E-state index contributed by atoms with van der Waals surface area (Å²) in [7, 11) is 1.86. The lowest BCUT2D eigenvalue weighted by molar-refractivity contribution is 0.0552.